The minimum absolute atomic E-state index is 0.714. The SMILES string of the molecule is Cc1ccnc(SCCC2CCCCN2)n1. The summed E-state index contributed by atoms with van der Waals surface area (Å²) in [6.07, 6.45) is 7.11. The van der Waals surface area contributed by atoms with Crippen LogP contribution in [-0.4, -0.2) is 28.3 Å². The van der Waals surface area contributed by atoms with E-state index in [1.807, 2.05) is 19.2 Å². The van der Waals surface area contributed by atoms with Crippen molar-refractivity contribution in [2.24, 2.45) is 0 Å². The van der Waals surface area contributed by atoms with Crippen LogP contribution in [-0.2, 0) is 0 Å². The van der Waals surface area contributed by atoms with Gasteiger partial charge in [0.15, 0.2) is 5.16 Å². The molecule has 4 heteroatoms. The lowest BCUT2D eigenvalue weighted by atomic mass is 10.0. The van der Waals surface area contributed by atoms with Gasteiger partial charge in [0.05, 0.1) is 0 Å². The predicted octanol–water partition coefficient (Wildman–Crippen LogP) is 2.41. The molecule has 0 spiro atoms. The van der Waals surface area contributed by atoms with Gasteiger partial charge >= 0.3 is 0 Å². The Morgan fingerprint density at radius 2 is 2.44 bits per heavy atom. The zero-order valence-electron chi connectivity index (χ0n) is 9.78. The van der Waals surface area contributed by atoms with Gasteiger partial charge in [0.25, 0.3) is 0 Å². The molecule has 1 aromatic rings. The lowest BCUT2D eigenvalue weighted by Gasteiger charge is -2.22. The fourth-order valence-corrected chi connectivity index (χ4v) is 2.89. The molecule has 1 fully saturated rings. The van der Waals surface area contributed by atoms with Crippen LogP contribution in [0.5, 0.6) is 0 Å². The van der Waals surface area contributed by atoms with Crippen LogP contribution in [0.3, 0.4) is 0 Å². The summed E-state index contributed by atoms with van der Waals surface area (Å²) in [5.74, 6) is 1.11. The standard InChI is InChI=1S/C12H19N3S/c1-10-5-8-14-12(15-10)16-9-6-11-4-2-3-7-13-11/h5,8,11,13H,2-4,6-7,9H2,1H3. The first kappa shape index (κ1) is 11.9. The van der Waals surface area contributed by atoms with E-state index in [2.05, 4.69) is 15.3 Å². The first-order valence-electron chi connectivity index (χ1n) is 6.00. The molecule has 0 saturated carbocycles. The number of aromatic nitrogens is 2. The molecule has 1 atom stereocenters. The summed E-state index contributed by atoms with van der Waals surface area (Å²) >= 11 is 1.77. The second kappa shape index (κ2) is 6.21. The number of hydrogen-bond acceptors (Lipinski definition) is 4. The number of nitrogens with zero attached hydrogens (tertiary/aromatic N) is 2. The molecule has 1 saturated heterocycles. The molecule has 2 rings (SSSR count). The van der Waals surface area contributed by atoms with Crippen LogP contribution in [0.15, 0.2) is 17.4 Å². The Hall–Kier alpha value is -0.610. The average molecular weight is 237 g/mol. The lowest BCUT2D eigenvalue weighted by molar-refractivity contribution is 0.394. The molecule has 0 bridgehead atoms. The fourth-order valence-electron chi connectivity index (χ4n) is 1.96. The number of piperidine rings is 1. The summed E-state index contributed by atoms with van der Waals surface area (Å²) in [5, 5.41) is 4.48. The number of aryl methyl sites for hydroxylation is 1. The zero-order chi connectivity index (χ0) is 11.2. The number of hydrogen-bond donors (Lipinski definition) is 1. The van der Waals surface area contributed by atoms with Crippen LogP contribution in [0.25, 0.3) is 0 Å². The molecule has 16 heavy (non-hydrogen) atoms. The summed E-state index contributed by atoms with van der Waals surface area (Å²) in [7, 11) is 0. The van der Waals surface area contributed by atoms with Gasteiger partial charge in [0, 0.05) is 23.7 Å². The Balaban J connectivity index is 1.71. The molecule has 0 aromatic carbocycles. The van der Waals surface area contributed by atoms with Crippen molar-refractivity contribution in [2.75, 3.05) is 12.3 Å². The highest BCUT2D eigenvalue weighted by atomic mass is 32.2. The van der Waals surface area contributed by atoms with Crippen molar-refractivity contribution in [1.82, 2.24) is 15.3 Å². The fraction of sp³-hybridized carbons (Fsp3) is 0.667. The molecule has 1 aliphatic rings. The largest absolute Gasteiger partial charge is 0.314 e. The molecule has 1 N–H and O–H groups in total. The van der Waals surface area contributed by atoms with E-state index in [1.165, 1.54) is 32.2 Å². The van der Waals surface area contributed by atoms with Crippen LogP contribution in [0, 0.1) is 6.92 Å². The van der Waals surface area contributed by atoms with Crippen LogP contribution in [0.4, 0.5) is 0 Å². The minimum atomic E-state index is 0.714. The first-order valence-corrected chi connectivity index (χ1v) is 6.99. The van der Waals surface area contributed by atoms with Gasteiger partial charge in [-0.25, -0.2) is 9.97 Å². The lowest BCUT2D eigenvalue weighted by Crippen LogP contribution is -2.34. The first-order chi connectivity index (χ1) is 7.84. The maximum atomic E-state index is 4.39. The third-order valence-corrected chi connectivity index (χ3v) is 3.78. The van der Waals surface area contributed by atoms with Crippen LogP contribution >= 0.6 is 11.8 Å². The van der Waals surface area contributed by atoms with Crippen molar-refractivity contribution in [2.45, 2.75) is 43.8 Å². The van der Waals surface area contributed by atoms with Crippen molar-refractivity contribution in [3.05, 3.63) is 18.0 Å². The molecule has 0 amide bonds. The van der Waals surface area contributed by atoms with Gasteiger partial charge < -0.3 is 5.32 Å². The van der Waals surface area contributed by atoms with Crippen molar-refractivity contribution >= 4 is 11.8 Å². The Kier molecular flexibility index (Phi) is 4.60. The molecule has 3 nitrogen and oxygen atoms in total. The second-order valence-corrected chi connectivity index (χ2v) is 5.33. The molecule has 0 radical (unpaired) electrons. The topological polar surface area (TPSA) is 37.8 Å². The Labute approximate surface area is 101 Å². The summed E-state index contributed by atoms with van der Waals surface area (Å²) < 4.78 is 0. The quantitative estimate of drug-likeness (QED) is 0.644. The molecule has 0 aliphatic carbocycles. The minimum Gasteiger partial charge on any atom is -0.314 e. The molecular weight excluding hydrogens is 218 g/mol. The van der Waals surface area contributed by atoms with Gasteiger partial charge in [-0.3, -0.25) is 0 Å². The van der Waals surface area contributed by atoms with E-state index < -0.39 is 0 Å². The normalized spacial score (nSPS) is 20.9. The van der Waals surface area contributed by atoms with E-state index in [0.717, 1.165) is 16.6 Å². The van der Waals surface area contributed by atoms with Gasteiger partial charge in [-0.05, 0) is 38.8 Å². The van der Waals surface area contributed by atoms with E-state index >= 15 is 0 Å². The van der Waals surface area contributed by atoms with Crippen molar-refractivity contribution in [3.8, 4) is 0 Å². The highest BCUT2D eigenvalue weighted by Gasteiger charge is 2.12. The van der Waals surface area contributed by atoms with Gasteiger partial charge in [-0.1, -0.05) is 18.2 Å². The number of thioether (sulfide) groups is 1. The average Bonchev–Trinajstić information content (AvgIpc) is 2.30. The Bertz CT molecular complexity index is 324. The summed E-state index contributed by atoms with van der Waals surface area (Å²) in [6.45, 7) is 3.20. The third kappa shape index (κ3) is 3.76. The van der Waals surface area contributed by atoms with Crippen molar-refractivity contribution in [1.29, 1.82) is 0 Å². The van der Waals surface area contributed by atoms with E-state index in [1.54, 1.807) is 11.8 Å². The van der Waals surface area contributed by atoms with Gasteiger partial charge in [0.1, 0.15) is 0 Å². The highest BCUT2D eigenvalue weighted by molar-refractivity contribution is 7.99. The maximum absolute atomic E-state index is 4.39. The molecule has 1 unspecified atom stereocenters. The van der Waals surface area contributed by atoms with E-state index in [4.69, 9.17) is 0 Å². The Morgan fingerprint density at radius 3 is 3.19 bits per heavy atom. The van der Waals surface area contributed by atoms with E-state index in [0.29, 0.717) is 6.04 Å². The molecule has 1 aliphatic heterocycles. The molecule has 2 heterocycles. The molecule has 88 valence electrons. The van der Waals surface area contributed by atoms with Gasteiger partial charge in [-0.15, -0.1) is 0 Å². The summed E-state index contributed by atoms with van der Waals surface area (Å²) in [4.78, 5) is 8.64. The number of rotatable bonds is 4. The van der Waals surface area contributed by atoms with Crippen LogP contribution < -0.4 is 5.32 Å². The summed E-state index contributed by atoms with van der Waals surface area (Å²) in [5.41, 5.74) is 1.05. The Morgan fingerprint density at radius 1 is 1.50 bits per heavy atom. The monoisotopic (exact) mass is 237 g/mol. The third-order valence-electron chi connectivity index (χ3n) is 2.88. The summed E-state index contributed by atoms with van der Waals surface area (Å²) in [6, 6.07) is 2.65. The molecule has 1 aromatic heterocycles. The molecular formula is C12H19N3S. The maximum Gasteiger partial charge on any atom is 0.187 e. The van der Waals surface area contributed by atoms with Crippen LogP contribution in [0.1, 0.15) is 31.4 Å². The van der Waals surface area contributed by atoms with Crippen LogP contribution in [0.2, 0.25) is 0 Å². The van der Waals surface area contributed by atoms with Gasteiger partial charge in [-0.2, -0.15) is 0 Å². The van der Waals surface area contributed by atoms with E-state index in [9.17, 15) is 0 Å². The highest BCUT2D eigenvalue weighted by Crippen LogP contribution is 2.17. The second-order valence-electron chi connectivity index (χ2n) is 4.26. The van der Waals surface area contributed by atoms with Gasteiger partial charge in [0.2, 0.25) is 0 Å². The van der Waals surface area contributed by atoms with E-state index in [-0.39, 0.29) is 0 Å². The van der Waals surface area contributed by atoms with Crippen molar-refractivity contribution < 1.29 is 0 Å². The van der Waals surface area contributed by atoms with Crippen molar-refractivity contribution in [3.63, 3.8) is 0 Å². The zero-order valence-corrected chi connectivity index (χ0v) is 10.6. The number of nitrogens with one attached hydrogen (secondary N) is 1. The smallest absolute Gasteiger partial charge is 0.187 e. The predicted molar refractivity (Wildman–Crippen MR) is 67.8 cm³/mol.